The zero-order chi connectivity index (χ0) is 15.1. The molecular formula is C16H16O5. The van der Waals surface area contributed by atoms with Gasteiger partial charge in [-0.25, -0.2) is 0 Å². The van der Waals surface area contributed by atoms with Crippen LogP contribution in [0.25, 0.3) is 0 Å². The van der Waals surface area contributed by atoms with Crippen LogP contribution in [0, 0.1) is 11.8 Å². The molecule has 5 heteroatoms. The Kier molecular flexibility index (Phi) is 3.29. The molecule has 3 rings (SSSR count). The van der Waals surface area contributed by atoms with Crippen LogP contribution in [0.4, 0.5) is 0 Å². The van der Waals surface area contributed by atoms with Crippen molar-refractivity contribution in [1.29, 1.82) is 0 Å². The number of Topliss-reactive ketones (excluding diaryl/α,β-unsaturated/α-hetero) is 1. The van der Waals surface area contributed by atoms with Crippen LogP contribution in [0.3, 0.4) is 0 Å². The fourth-order valence-electron chi connectivity index (χ4n) is 3.34. The molecule has 0 saturated heterocycles. The molecule has 0 spiro atoms. The highest BCUT2D eigenvalue weighted by atomic mass is 16.5. The van der Waals surface area contributed by atoms with Crippen molar-refractivity contribution in [2.24, 2.45) is 11.8 Å². The first-order valence-electron chi connectivity index (χ1n) is 6.88. The summed E-state index contributed by atoms with van der Waals surface area (Å²) in [5, 5.41) is 20.6. The molecule has 0 radical (unpaired) electrons. The van der Waals surface area contributed by atoms with E-state index in [2.05, 4.69) is 0 Å². The number of aliphatic hydroxyl groups is 1. The van der Waals surface area contributed by atoms with E-state index < -0.39 is 30.0 Å². The number of benzene rings is 1. The van der Waals surface area contributed by atoms with Crippen molar-refractivity contribution in [3.05, 3.63) is 41.5 Å². The predicted octanol–water partition coefficient (Wildman–Crippen LogP) is 1.75. The van der Waals surface area contributed by atoms with E-state index in [4.69, 9.17) is 4.74 Å². The molecule has 110 valence electrons. The SMILES string of the molecule is CC(=O)O[C@@H]1C=CC[C@H]2C(=O)c3cccc(O)c3[C@@H](O)[C@H]12. The van der Waals surface area contributed by atoms with Crippen LogP contribution in [-0.2, 0) is 9.53 Å². The Morgan fingerprint density at radius 3 is 2.86 bits per heavy atom. The van der Waals surface area contributed by atoms with Crippen molar-refractivity contribution in [2.45, 2.75) is 25.6 Å². The van der Waals surface area contributed by atoms with Crippen molar-refractivity contribution in [3.63, 3.8) is 0 Å². The van der Waals surface area contributed by atoms with Gasteiger partial charge in [-0.15, -0.1) is 0 Å². The summed E-state index contributed by atoms with van der Waals surface area (Å²) in [4.78, 5) is 23.8. The first-order chi connectivity index (χ1) is 10.0. The summed E-state index contributed by atoms with van der Waals surface area (Å²) in [6.45, 7) is 1.29. The smallest absolute Gasteiger partial charge is 0.303 e. The summed E-state index contributed by atoms with van der Waals surface area (Å²) in [5.74, 6) is -1.70. The molecule has 0 aromatic heterocycles. The molecule has 0 fully saturated rings. The summed E-state index contributed by atoms with van der Waals surface area (Å²) in [6.07, 6.45) is 2.29. The number of esters is 1. The van der Waals surface area contributed by atoms with Gasteiger partial charge in [0.25, 0.3) is 0 Å². The van der Waals surface area contributed by atoms with Crippen LogP contribution in [0.1, 0.15) is 35.4 Å². The molecule has 0 bridgehead atoms. The molecule has 5 nitrogen and oxygen atoms in total. The molecule has 1 aromatic carbocycles. The quantitative estimate of drug-likeness (QED) is 0.607. The molecule has 2 N–H and O–H groups in total. The minimum absolute atomic E-state index is 0.108. The average molecular weight is 288 g/mol. The Hall–Kier alpha value is -2.14. The Labute approximate surface area is 121 Å². The van der Waals surface area contributed by atoms with E-state index in [1.165, 1.54) is 13.0 Å². The van der Waals surface area contributed by atoms with Gasteiger partial charge in [-0.05, 0) is 18.6 Å². The van der Waals surface area contributed by atoms with E-state index in [0.29, 0.717) is 12.0 Å². The fraction of sp³-hybridized carbons (Fsp3) is 0.375. The van der Waals surface area contributed by atoms with E-state index >= 15 is 0 Å². The van der Waals surface area contributed by atoms with Gasteiger partial charge in [0.05, 0.1) is 6.10 Å². The van der Waals surface area contributed by atoms with E-state index in [-0.39, 0.29) is 17.1 Å². The number of aromatic hydroxyl groups is 1. The van der Waals surface area contributed by atoms with Crippen LogP contribution in [0.5, 0.6) is 5.75 Å². The van der Waals surface area contributed by atoms with Gasteiger partial charge < -0.3 is 14.9 Å². The van der Waals surface area contributed by atoms with Crippen molar-refractivity contribution >= 4 is 11.8 Å². The van der Waals surface area contributed by atoms with Gasteiger partial charge in [-0.3, -0.25) is 9.59 Å². The number of ketones is 1. The Bertz CT molecular complexity index is 634. The summed E-state index contributed by atoms with van der Waals surface area (Å²) < 4.78 is 5.21. The molecule has 0 aliphatic heterocycles. The number of fused-ring (bicyclic) bond motifs is 2. The van der Waals surface area contributed by atoms with Gasteiger partial charge >= 0.3 is 5.97 Å². The van der Waals surface area contributed by atoms with Crippen LogP contribution in [0.2, 0.25) is 0 Å². The highest BCUT2D eigenvalue weighted by Crippen LogP contribution is 2.47. The number of carbonyl (C=O) groups is 2. The number of phenolic OH excluding ortho intramolecular Hbond substituents is 1. The lowest BCUT2D eigenvalue weighted by Gasteiger charge is -2.40. The van der Waals surface area contributed by atoms with Crippen molar-refractivity contribution in [3.8, 4) is 5.75 Å². The van der Waals surface area contributed by atoms with Gasteiger partial charge in [0.15, 0.2) is 5.78 Å². The molecule has 0 amide bonds. The van der Waals surface area contributed by atoms with Gasteiger partial charge in [0.1, 0.15) is 11.9 Å². The van der Waals surface area contributed by atoms with E-state index in [1.807, 2.05) is 0 Å². The number of phenols is 1. The number of rotatable bonds is 1. The summed E-state index contributed by atoms with van der Waals surface area (Å²) in [6, 6.07) is 4.63. The molecule has 0 saturated carbocycles. The highest BCUT2D eigenvalue weighted by molar-refractivity contribution is 6.01. The summed E-state index contributed by atoms with van der Waals surface area (Å²) in [7, 11) is 0. The third-order valence-corrected chi connectivity index (χ3v) is 4.21. The molecule has 1 aromatic rings. The average Bonchev–Trinajstić information content (AvgIpc) is 2.43. The molecule has 4 atom stereocenters. The number of carbonyl (C=O) groups excluding carboxylic acids is 2. The van der Waals surface area contributed by atoms with Crippen molar-refractivity contribution in [1.82, 2.24) is 0 Å². The highest BCUT2D eigenvalue weighted by Gasteiger charge is 2.47. The monoisotopic (exact) mass is 288 g/mol. The van der Waals surface area contributed by atoms with Crippen LogP contribution >= 0.6 is 0 Å². The first-order valence-corrected chi connectivity index (χ1v) is 6.88. The predicted molar refractivity (Wildman–Crippen MR) is 73.7 cm³/mol. The molecule has 2 aliphatic carbocycles. The third-order valence-electron chi connectivity index (χ3n) is 4.21. The Balaban J connectivity index is 2.08. The minimum atomic E-state index is -1.04. The summed E-state index contributed by atoms with van der Waals surface area (Å²) in [5.41, 5.74) is 0.580. The topological polar surface area (TPSA) is 83.8 Å². The minimum Gasteiger partial charge on any atom is -0.508 e. The second-order valence-electron chi connectivity index (χ2n) is 5.47. The Morgan fingerprint density at radius 1 is 1.38 bits per heavy atom. The first kappa shape index (κ1) is 13.8. The number of aliphatic hydroxyl groups excluding tert-OH is 1. The number of ether oxygens (including phenoxy) is 1. The maximum atomic E-state index is 12.6. The largest absolute Gasteiger partial charge is 0.508 e. The second kappa shape index (κ2) is 5.00. The van der Waals surface area contributed by atoms with Gasteiger partial charge in [0, 0.05) is 29.9 Å². The standard InChI is InChI=1S/C16H16O5/c1-8(17)21-12-7-3-5-10-14(12)16(20)13-9(15(10)19)4-2-6-11(13)18/h2-4,6-7,10,12,14,16,18,20H,5H2,1H3/t10-,12-,14+,16-/m1/s1. The maximum Gasteiger partial charge on any atom is 0.303 e. The second-order valence-corrected chi connectivity index (χ2v) is 5.47. The molecule has 0 unspecified atom stereocenters. The third kappa shape index (κ3) is 2.14. The molecule has 0 heterocycles. The number of hydrogen-bond donors (Lipinski definition) is 2. The van der Waals surface area contributed by atoms with E-state index in [1.54, 1.807) is 24.3 Å². The van der Waals surface area contributed by atoms with Crippen LogP contribution in [-0.4, -0.2) is 28.1 Å². The van der Waals surface area contributed by atoms with E-state index in [0.717, 1.165) is 0 Å². The van der Waals surface area contributed by atoms with Crippen LogP contribution < -0.4 is 0 Å². The van der Waals surface area contributed by atoms with Crippen molar-refractivity contribution in [2.75, 3.05) is 0 Å². The molecular weight excluding hydrogens is 272 g/mol. The lowest BCUT2D eigenvalue weighted by Crippen LogP contribution is -2.44. The zero-order valence-electron chi connectivity index (χ0n) is 11.5. The summed E-state index contributed by atoms with van der Waals surface area (Å²) >= 11 is 0. The lowest BCUT2D eigenvalue weighted by molar-refractivity contribution is -0.150. The van der Waals surface area contributed by atoms with Gasteiger partial charge in [0.2, 0.25) is 0 Å². The maximum absolute atomic E-state index is 12.6. The van der Waals surface area contributed by atoms with Gasteiger partial charge in [-0.2, -0.15) is 0 Å². The zero-order valence-corrected chi connectivity index (χ0v) is 11.5. The number of allylic oxidation sites excluding steroid dienone is 1. The van der Waals surface area contributed by atoms with Crippen LogP contribution in [0.15, 0.2) is 30.4 Å². The van der Waals surface area contributed by atoms with E-state index in [9.17, 15) is 19.8 Å². The lowest BCUT2D eigenvalue weighted by atomic mass is 9.67. The van der Waals surface area contributed by atoms with Gasteiger partial charge in [-0.1, -0.05) is 18.2 Å². The molecule has 21 heavy (non-hydrogen) atoms. The Morgan fingerprint density at radius 2 is 2.14 bits per heavy atom. The normalized spacial score (nSPS) is 30.5. The fourth-order valence-corrected chi connectivity index (χ4v) is 3.34. The van der Waals surface area contributed by atoms with Crippen molar-refractivity contribution < 1.29 is 24.5 Å². The number of hydrogen-bond acceptors (Lipinski definition) is 5. The molecule has 2 aliphatic rings.